The second kappa shape index (κ2) is 13.8. The molecule has 0 amide bonds. The van der Waals surface area contributed by atoms with Crippen molar-refractivity contribution in [3.8, 4) is 17.2 Å². The minimum atomic E-state index is -0.808. The monoisotopic (exact) mass is 694 g/mol. The van der Waals surface area contributed by atoms with E-state index in [2.05, 4.69) is 20.9 Å². The fraction of sp³-hybridized carbons (Fsp3) is 0.265. The van der Waals surface area contributed by atoms with Gasteiger partial charge in [0, 0.05) is 5.56 Å². The number of aromatic nitrogens is 1. The molecule has 1 aromatic heterocycles. The van der Waals surface area contributed by atoms with Crippen LogP contribution in [0.25, 0.3) is 6.08 Å². The lowest BCUT2D eigenvalue weighted by Gasteiger charge is -2.26. The number of allylic oxidation sites excluding steroid dienone is 1. The Morgan fingerprint density at radius 1 is 1.13 bits per heavy atom. The van der Waals surface area contributed by atoms with Crippen molar-refractivity contribution in [3.63, 3.8) is 0 Å². The van der Waals surface area contributed by atoms with Gasteiger partial charge in [0.05, 0.1) is 40.1 Å². The van der Waals surface area contributed by atoms with Gasteiger partial charge in [-0.1, -0.05) is 41.7 Å². The quantitative estimate of drug-likeness (QED) is 0.187. The molecule has 0 unspecified atom stereocenters. The molecular formula is C34H32BrFN2O6S. The lowest BCUT2D eigenvalue weighted by atomic mass is 9.95. The number of esters is 1. The third-order valence-corrected chi connectivity index (χ3v) is 8.49. The van der Waals surface area contributed by atoms with Crippen LogP contribution in [0.2, 0.25) is 0 Å². The van der Waals surface area contributed by atoms with Gasteiger partial charge >= 0.3 is 5.97 Å². The van der Waals surface area contributed by atoms with Crippen LogP contribution in [-0.4, -0.2) is 30.4 Å². The molecule has 1 aliphatic heterocycles. The summed E-state index contributed by atoms with van der Waals surface area (Å²) in [7, 11) is 1.52. The summed E-state index contributed by atoms with van der Waals surface area (Å²) in [6.45, 7) is 7.62. The van der Waals surface area contributed by atoms with Crippen LogP contribution < -0.4 is 29.1 Å². The van der Waals surface area contributed by atoms with E-state index in [4.69, 9.17) is 18.9 Å². The standard InChI is InChI=1S/C34H32BrFN2O6S/c1-6-42-33(40)29-20(4)37-34-38(30(29)24-12-7-8-13-26(24)44-19(2)3)32(39)28(45-34)17-22-15-25(35)31(27(16-22)41-5)43-18-21-10-9-11-23(36)14-21/h7-17,19,30H,6,18H2,1-5H3/b28-17+/t30-/m0/s1. The predicted octanol–water partition coefficient (Wildman–Crippen LogP) is 6.07. The molecule has 0 saturated heterocycles. The number of para-hydroxylation sites is 1. The van der Waals surface area contributed by atoms with Gasteiger partial charge in [-0.15, -0.1) is 0 Å². The topological polar surface area (TPSA) is 88.4 Å². The van der Waals surface area contributed by atoms with Gasteiger partial charge in [0.2, 0.25) is 0 Å². The van der Waals surface area contributed by atoms with Crippen LogP contribution >= 0.6 is 27.3 Å². The number of halogens is 2. The molecule has 5 rings (SSSR count). The van der Waals surface area contributed by atoms with E-state index in [0.717, 1.165) is 0 Å². The molecule has 234 valence electrons. The van der Waals surface area contributed by atoms with E-state index in [1.807, 2.05) is 38.1 Å². The minimum absolute atomic E-state index is 0.132. The summed E-state index contributed by atoms with van der Waals surface area (Å²) in [5.41, 5.74) is 2.42. The van der Waals surface area contributed by atoms with Gasteiger partial charge in [0.25, 0.3) is 5.56 Å². The van der Waals surface area contributed by atoms with Gasteiger partial charge in [0.1, 0.15) is 24.2 Å². The van der Waals surface area contributed by atoms with Gasteiger partial charge < -0.3 is 18.9 Å². The van der Waals surface area contributed by atoms with Crippen molar-refractivity contribution in [3.05, 3.63) is 119 Å². The molecule has 1 atom stereocenters. The Hall–Kier alpha value is -4.22. The first kappa shape index (κ1) is 32.2. The number of benzene rings is 3. The van der Waals surface area contributed by atoms with E-state index < -0.39 is 12.0 Å². The third kappa shape index (κ3) is 6.89. The van der Waals surface area contributed by atoms with Gasteiger partial charge in [-0.05, 0) is 91.2 Å². The van der Waals surface area contributed by atoms with Crippen LogP contribution in [0.3, 0.4) is 0 Å². The molecule has 0 saturated carbocycles. The number of methoxy groups -OCH3 is 1. The zero-order valence-electron chi connectivity index (χ0n) is 25.4. The van der Waals surface area contributed by atoms with Crippen molar-refractivity contribution in [1.29, 1.82) is 0 Å². The first-order chi connectivity index (χ1) is 21.6. The SMILES string of the molecule is CCOC(=O)C1=C(C)N=c2s/c(=C/c3cc(Br)c(OCc4cccc(F)c4)c(OC)c3)c(=O)n2[C@H]1c1ccccc1OC(C)C. The van der Waals surface area contributed by atoms with Crippen molar-refractivity contribution in [2.75, 3.05) is 13.7 Å². The van der Waals surface area contributed by atoms with E-state index in [9.17, 15) is 14.0 Å². The lowest BCUT2D eigenvalue weighted by molar-refractivity contribution is -0.139. The van der Waals surface area contributed by atoms with Gasteiger partial charge in [-0.25, -0.2) is 14.2 Å². The minimum Gasteiger partial charge on any atom is -0.493 e. The average molecular weight is 696 g/mol. The van der Waals surface area contributed by atoms with Crippen molar-refractivity contribution >= 4 is 39.3 Å². The molecule has 0 N–H and O–H groups in total. The molecule has 1 aliphatic rings. The summed E-state index contributed by atoms with van der Waals surface area (Å²) >= 11 is 4.78. The second-order valence-electron chi connectivity index (χ2n) is 10.5. The molecule has 8 nitrogen and oxygen atoms in total. The summed E-state index contributed by atoms with van der Waals surface area (Å²) in [5, 5.41) is 0. The first-order valence-electron chi connectivity index (χ1n) is 14.3. The number of ether oxygens (including phenoxy) is 4. The highest BCUT2D eigenvalue weighted by Gasteiger charge is 2.35. The van der Waals surface area contributed by atoms with E-state index in [-0.39, 0.29) is 36.3 Å². The fourth-order valence-corrected chi connectivity index (χ4v) is 6.67. The molecule has 11 heteroatoms. The molecule has 0 fully saturated rings. The summed E-state index contributed by atoms with van der Waals surface area (Å²) in [4.78, 5) is 32.5. The largest absolute Gasteiger partial charge is 0.493 e. The van der Waals surface area contributed by atoms with Crippen LogP contribution in [0.15, 0.2) is 86.2 Å². The second-order valence-corrected chi connectivity index (χ2v) is 12.3. The molecule has 0 aliphatic carbocycles. The zero-order chi connectivity index (χ0) is 32.2. The maximum absolute atomic E-state index is 14.1. The predicted molar refractivity (Wildman–Crippen MR) is 174 cm³/mol. The first-order valence-corrected chi connectivity index (χ1v) is 15.9. The van der Waals surface area contributed by atoms with Crippen molar-refractivity contribution in [2.45, 2.75) is 46.4 Å². The highest BCUT2D eigenvalue weighted by atomic mass is 79.9. The number of rotatable bonds is 10. The van der Waals surface area contributed by atoms with Crippen LogP contribution in [-0.2, 0) is 16.1 Å². The van der Waals surface area contributed by atoms with E-state index in [0.29, 0.717) is 53.4 Å². The zero-order valence-corrected chi connectivity index (χ0v) is 27.8. The maximum atomic E-state index is 14.1. The Kier molecular flexibility index (Phi) is 9.89. The summed E-state index contributed by atoms with van der Waals surface area (Å²) < 4.78 is 39.3. The lowest BCUT2D eigenvalue weighted by Crippen LogP contribution is -2.40. The number of hydrogen-bond donors (Lipinski definition) is 0. The molecule has 45 heavy (non-hydrogen) atoms. The van der Waals surface area contributed by atoms with Crippen LogP contribution in [0, 0.1) is 5.82 Å². The molecule has 4 aromatic rings. The molecule has 0 spiro atoms. The Balaban J connectivity index is 1.60. The molecule has 3 aromatic carbocycles. The van der Waals surface area contributed by atoms with Gasteiger partial charge in [-0.3, -0.25) is 9.36 Å². The van der Waals surface area contributed by atoms with E-state index >= 15 is 0 Å². The highest BCUT2D eigenvalue weighted by Crippen LogP contribution is 2.38. The number of carbonyl (C=O) groups excluding carboxylic acids is 1. The smallest absolute Gasteiger partial charge is 0.338 e. The normalized spacial score (nSPS) is 14.7. The Bertz CT molecular complexity index is 1970. The van der Waals surface area contributed by atoms with Crippen LogP contribution in [0.1, 0.15) is 50.4 Å². The molecular weight excluding hydrogens is 663 g/mol. The summed E-state index contributed by atoms with van der Waals surface area (Å²) in [5.74, 6) is 0.544. The summed E-state index contributed by atoms with van der Waals surface area (Å²) in [6, 6.07) is 16.3. The Morgan fingerprint density at radius 2 is 1.91 bits per heavy atom. The summed E-state index contributed by atoms with van der Waals surface area (Å²) in [6.07, 6.45) is 1.61. The van der Waals surface area contributed by atoms with Gasteiger partial charge in [-0.2, -0.15) is 0 Å². The fourth-order valence-electron chi connectivity index (χ4n) is 5.05. The van der Waals surface area contributed by atoms with E-state index in [1.165, 1.54) is 35.1 Å². The van der Waals surface area contributed by atoms with Crippen molar-refractivity contribution in [2.24, 2.45) is 4.99 Å². The van der Waals surface area contributed by atoms with Crippen molar-refractivity contribution < 1.29 is 28.1 Å². The van der Waals surface area contributed by atoms with Gasteiger partial charge in [0.15, 0.2) is 16.3 Å². The Morgan fingerprint density at radius 3 is 2.62 bits per heavy atom. The molecule has 0 radical (unpaired) electrons. The number of hydrogen-bond acceptors (Lipinski definition) is 8. The van der Waals surface area contributed by atoms with Crippen molar-refractivity contribution in [1.82, 2.24) is 4.57 Å². The number of carbonyl (C=O) groups is 1. The highest BCUT2D eigenvalue weighted by molar-refractivity contribution is 9.10. The molecule has 2 heterocycles. The van der Waals surface area contributed by atoms with E-state index in [1.54, 1.807) is 44.2 Å². The number of fused-ring (bicyclic) bond motifs is 1. The molecule has 0 bridgehead atoms. The van der Waals surface area contributed by atoms with Crippen LogP contribution in [0.4, 0.5) is 4.39 Å². The maximum Gasteiger partial charge on any atom is 0.338 e. The average Bonchev–Trinajstić information content (AvgIpc) is 3.29. The Labute approximate surface area is 272 Å². The van der Waals surface area contributed by atoms with Crippen LogP contribution in [0.5, 0.6) is 17.2 Å². The third-order valence-electron chi connectivity index (χ3n) is 6.92. The number of nitrogens with zero attached hydrogens (tertiary/aromatic N) is 2. The number of thiazole rings is 1.